The van der Waals surface area contributed by atoms with Gasteiger partial charge in [0.15, 0.2) is 0 Å². The van der Waals surface area contributed by atoms with Crippen LogP contribution in [0.1, 0.15) is 45.4 Å². The normalized spacial score (nSPS) is 11.3. The van der Waals surface area contributed by atoms with Crippen molar-refractivity contribution in [2.24, 2.45) is 0 Å². The summed E-state index contributed by atoms with van der Waals surface area (Å²) in [5.74, 6) is 1.00. The molecule has 0 bridgehead atoms. The summed E-state index contributed by atoms with van der Waals surface area (Å²) in [6.07, 6.45) is 7.82. The first-order valence-electron chi connectivity index (χ1n) is 8.42. The Balaban J connectivity index is 1.59. The molecule has 116 valence electrons. The van der Waals surface area contributed by atoms with Crippen LogP contribution in [0.3, 0.4) is 0 Å². The molecule has 0 N–H and O–H groups in total. The van der Waals surface area contributed by atoms with Gasteiger partial charge < -0.3 is 4.74 Å². The molecule has 2 aromatic carbocycles. The zero-order valence-electron chi connectivity index (χ0n) is 13.3. The van der Waals surface area contributed by atoms with Gasteiger partial charge in [0.25, 0.3) is 0 Å². The number of unbranched alkanes of at least 4 members (excludes halogenated alkanes) is 5. The highest BCUT2D eigenvalue weighted by Gasteiger charge is 2.05. The molecule has 3 rings (SSSR count). The molecule has 0 radical (unpaired) electrons. The second-order valence-electron chi connectivity index (χ2n) is 5.87. The maximum atomic E-state index is 5.94. The van der Waals surface area contributed by atoms with E-state index in [0.717, 1.165) is 18.8 Å². The average Bonchev–Trinajstić information content (AvgIpc) is 2.92. The fraction of sp³-hybridized carbons (Fsp3) is 0.400. The van der Waals surface area contributed by atoms with E-state index >= 15 is 0 Å². The molecular formula is C20H24OS. The Kier molecular flexibility index (Phi) is 5.33. The van der Waals surface area contributed by atoms with Crippen LogP contribution in [-0.4, -0.2) is 6.61 Å². The van der Waals surface area contributed by atoms with Gasteiger partial charge in [-0.2, -0.15) is 0 Å². The van der Waals surface area contributed by atoms with Gasteiger partial charge in [-0.25, -0.2) is 0 Å². The van der Waals surface area contributed by atoms with E-state index < -0.39 is 0 Å². The van der Waals surface area contributed by atoms with E-state index in [0.29, 0.717) is 0 Å². The number of fused-ring (bicyclic) bond motifs is 3. The number of benzene rings is 2. The van der Waals surface area contributed by atoms with E-state index in [1.807, 2.05) is 11.3 Å². The fourth-order valence-electron chi connectivity index (χ4n) is 2.87. The quantitative estimate of drug-likeness (QED) is 0.416. The predicted molar refractivity (Wildman–Crippen MR) is 98.2 cm³/mol. The molecule has 1 heterocycles. The highest BCUT2D eigenvalue weighted by atomic mass is 32.1. The molecule has 0 spiro atoms. The van der Waals surface area contributed by atoms with Crippen LogP contribution < -0.4 is 4.74 Å². The van der Waals surface area contributed by atoms with Gasteiger partial charge in [-0.1, -0.05) is 57.2 Å². The van der Waals surface area contributed by atoms with Gasteiger partial charge in [-0.3, -0.25) is 0 Å². The standard InChI is InChI=1S/C20H24OS/c1-2-3-4-5-6-9-14-21-16-12-13-20-18(15-16)17-10-7-8-11-19(17)22-20/h7-8,10-13,15H,2-6,9,14H2,1H3. The molecule has 0 aliphatic carbocycles. The van der Waals surface area contributed by atoms with Crippen molar-refractivity contribution in [2.75, 3.05) is 6.61 Å². The minimum absolute atomic E-state index is 0.833. The van der Waals surface area contributed by atoms with Crippen molar-refractivity contribution in [2.45, 2.75) is 45.4 Å². The molecule has 2 heteroatoms. The summed E-state index contributed by atoms with van der Waals surface area (Å²) >= 11 is 1.85. The minimum Gasteiger partial charge on any atom is -0.494 e. The van der Waals surface area contributed by atoms with Crippen molar-refractivity contribution < 1.29 is 4.74 Å². The van der Waals surface area contributed by atoms with E-state index in [1.54, 1.807) is 0 Å². The highest BCUT2D eigenvalue weighted by Crippen LogP contribution is 2.35. The summed E-state index contributed by atoms with van der Waals surface area (Å²) < 4.78 is 8.64. The summed E-state index contributed by atoms with van der Waals surface area (Å²) in [5.41, 5.74) is 0. The first-order valence-corrected chi connectivity index (χ1v) is 9.24. The first kappa shape index (κ1) is 15.4. The Labute approximate surface area is 136 Å². The molecule has 1 aromatic heterocycles. The van der Waals surface area contributed by atoms with E-state index in [-0.39, 0.29) is 0 Å². The van der Waals surface area contributed by atoms with Gasteiger partial charge in [0.2, 0.25) is 0 Å². The Morgan fingerprint density at radius 2 is 1.59 bits per heavy atom. The molecule has 0 fully saturated rings. The summed E-state index contributed by atoms with van der Waals surface area (Å²) in [6.45, 7) is 3.09. The zero-order chi connectivity index (χ0) is 15.2. The van der Waals surface area contributed by atoms with Crippen LogP contribution in [0.4, 0.5) is 0 Å². The molecule has 3 aromatic rings. The molecule has 22 heavy (non-hydrogen) atoms. The van der Waals surface area contributed by atoms with Crippen molar-refractivity contribution in [3.63, 3.8) is 0 Å². The van der Waals surface area contributed by atoms with Gasteiger partial charge >= 0.3 is 0 Å². The third-order valence-electron chi connectivity index (χ3n) is 4.11. The summed E-state index contributed by atoms with van der Waals surface area (Å²) in [4.78, 5) is 0. The summed E-state index contributed by atoms with van der Waals surface area (Å²) in [7, 11) is 0. The molecule has 0 atom stereocenters. The van der Waals surface area contributed by atoms with E-state index in [2.05, 4.69) is 49.4 Å². The number of thiophene rings is 1. The Hall–Kier alpha value is -1.54. The highest BCUT2D eigenvalue weighted by molar-refractivity contribution is 7.25. The van der Waals surface area contributed by atoms with Crippen LogP contribution in [0.25, 0.3) is 20.2 Å². The van der Waals surface area contributed by atoms with Crippen LogP contribution in [0.2, 0.25) is 0 Å². The Bertz CT molecular complexity index is 729. The Morgan fingerprint density at radius 3 is 2.50 bits per heavy atom. The molecule has 1 nitrogen and oxygen atoms in total. The van der Waals surface area contributed by atoms with Crippen LogP contribution in [0.15, 0.2) is 42.5 Å². The lowest BCUT2D eigenvalue weighted by atomic mass is 10.1. The number of hydrogen-bond acceptors (Lipinski definition) is 2. The lowest BCUT2D eigenvalue weighted by molar-refractivity contribution is 0.305. The number of hydrogen-bond donors (Lipinski definition) is 0. The monoisotopic (exact) mass is 312 g/mol. The first-order chi connectivity index (χ1) is 10.9. The lowest BCUT2D eigenvalue weighted by Crippen LogP contribution is -1.97. The molecule has 0 unspecified atom stereocenters. The van der Waals surface area contributed by atoms with E-state index in [1.165, 1.54) is 52.3 Å². The molecule has 0 saturated carbocycles. The van der Waals surface area contributed by atoms with Crippen molar-refractivity contribution in [3.05, 3.63) is 42.5 Å². The molecule has 0 aliphatic rings. The second kappa shape index (κ2) is 7.64. The van der Waals surface area contributed by atoms with Gasteiger partial charge in [-0.05, 0) is 30.7 Å². The maximum Gasteiger partial charge on any atom is 0.120 e. The summed E-state index contributed by atoms with van der Waals surface area (Å²) in [6, 6.07) is 15.1. The van der Waals surface area contributed by atoms with Gasteiger partial charge in [0.05, 0.1) is 6.61 Å². The van der Waals surface area contributed by atoms with Crippen LogP contribution >= 0.6 is 11.3 Å². The molecule has 0 amide bonds. The fourth-order valence-corrected chi connectivity index (χ4v) is 3.95. The molecular weight excluding hydrogens is 288 g/mol. The Morgan fingerprint density at radius 1 is 0.818 bits per heavy atom. The van der Waals surface area contributed by atoms with Gasteiger partial charge in [0, 0.05) is 20.2 Å². The van der Waals surface area contributed by atoms with Crippen molar-refractivity contribution in [1.29, 1.82) is 0 Å². The smallest absolute Gasteiger partial charge is 0.120 e. The summed E-state index contributed by atoms with van der Waals surface area (Å²) in [5, 5.41) is 2.66. The minimum atomic E-state index is 0.833. The van der Waals surface area contributed by atoms with Gasteiger partial charge in [-0.15, -0.1) is 11.3 Å². The predicted octanol–water partition coefficient (Wildman–Crippen LogP) is 6.79. The van der Waals surface area contributed by atoms with Gasteiger partial charge in [0.1, 0.15) is 5.75 Å². The van der Waals surface area contributed by atoms with Crippen molar-refractivity contribution in [3.8, 4) is 5.75 Å². The van der Waals surface area contributed by atoms with E-state index in [9.17, 15) is 0 Å². The maximum absolute atomic E-state index is 5.94. The largest absolute Gasteiger partial charge is 0.494 e. The zero-order valence-corrected chi connectivity index (χ0v) is 14.1. The average molecular weight is 312 g/mol. The molecule has 0 saturated heterocycles. The van der Waals surface area contributed by atoms with Crippen LogP contribution in [-0.2, 0) is 0 Å². The SMILES string of the molecule is CCCCCCCCOc1ccc2sc3ccccc3c2c1. The van der Waals surface area contributed by atoms with Crippen LogP contribution in [0.5, 0.6) is 5.75 Å². The lowest BCUT2D eigenvalue weighted by Gasteiger charge is -2.06. The van der Waals surface area contributed by atoms with Crippen LogP contribution in [0, 0.1) is 0 Å². The molecule has 0 aliphatic heterocycles. The van der Waals surface area contributed by atoms with Crippen molar-refractivity contribution in [1.82, 2.24) is 0 Å². The third-order valence-corrected chi connectivity index (χ3v) is 5.27. The van der Waals surface area contributed by atoms with E-state index in [4.69, 9.17) is 4.74 Å². The topological polar surface area (TPSA) is 9.23 Å². The van der Waals surface area contributed by atoms with Crippen molar-refractivity contribution >= 4 is 31.5 Å². The third kappa shape index (κ3) is 3.61. The second-order valence-corrected chi connectivity index (χ2v) is 6.96. The number of ether oxygens (including phenoxy) is 1. The number of rotatable bonds is 8.